The molecule has 2 aromatic rings. The van der Waals surface area contributed by atoms with Gasteiger partial charge in [-0.1, -0.05) is 0 Å². The van der Waals surface area contributed by atoms with Crippen molar-refractivity contribution in [3.63, 3.8) is 0 Å². The Balaban J connectivity index is 2.41. The normalized spacial score (nSPS) is 11.8. The molecule has 0 fully saturated rings. The van der Waals surface area contributed by atoms with Crippen LogP contribution in [0.3, 0.4) is 0 Å². The fourth-order valence-corrected chi connectivity index (χ4v) is 1.55. The van der Waals surface area contributed by atoms with Crippen LogP contribution in [0.2, 0.25) is 0 Å². The number of aromatic nitrogens is 3. The van der Waals surface area contributed by atoms with Crippen LogP contribution >= 0.6 is 0 Å². The summed E-state index contributed by atoms with van der Waals surface area (Å²) in [6.07, 6.45) is -2.03. The van der Waals surface area contributed by atoms with Crippen LogP contribution in [0.4, 0.5) is 13.2 Å². The second-order valence-corrected chi connectivity index (χ2v) is 3.80. The van der Waals surface area contributed by atoms with E-state index in [1.165, 1.54) is 17.8 Å². The van der Waals surface area contributed by atoms with Gasteiger partial charge in [0.2, 0.25) is 0 Å². The Labute approximate surface area is 101 Å². The third kappa shape index (κ3) is 2.35. The Morgan fingerprint density at radius 3 is 2.50 bits per heavy atom. The quantitative estimate of drug-likeness (QED) is 0.893. The Bertz CT molecular complexity index is 542. The molecule has 0 saturated heterocycles. The van der Waals surface area contributed by atoms with E-state index in [4.69, 9.17) is 5.73 Å². The number of imidazole rings is 1. The highest BCUT2D eigenvalue weighted by Crippen LogP contribution is 2.30. The van der Waals surface area contributed by atoms with Gasteiger partial charge in [-0.3, -0.25) is 4.98 Å². The molecular weight excluding hydrogens is 245 g/mol. The molecule has 0 amide bonds. The minimum atomic E-state index is -4.44. The number of alkyl halides is 3. The molecule has 0 radical (unpaired) electrons. The lowest BCUT2D eigenvalue weighted by atomic mass is 10.2. The SMILES string of the molecule is Cn1cc(C(F)(F)F)nc1-c1ccc(CN)nc1. The summed E-state index contributed by atoms with van der Waals surface area (Å²) in [6.45, 7) is 0.286. The van der Waals surface area contributed by atoms with E-state index in [1.807, 2.05) is 0 Å². The summed E-state index contributed by atoms with van der Waals surface area (Å²) in [5.41, 5.74) is 5.67. The lowest BCUT2D eigenvalue weighted by Gasteiger charge is -2.02. The zero-order valence-corrected chi connectivity index (χ0v) is 9.57. The molecule has 0 aliphatic heterocycles. The minimum Gasteiger partial charge on any atom is -0.333 e. The Morgan fingerprint density at radius 1 is 1.33 bits per heavy atom. The molecule has 0 unspecified atom stereocenters. The monoisotopic (exact) mass is 256 g/mol. The first-order valence-corrected chi connectivity index (χ1v) is 5.17. The van der Waals surface area contributed by atoms with E-state index in [-0.39, 0.29) is 12.4 Å². The number of hydrogen-bond acceptors (Lipinski definition) is 3. The largest absolute Gasteiger partial charge is 0.434 e. The number of rotatable bonds is 2. The number of nitrogens with two attached hydrogens (primary N) is 1. The third-order valence-corrected chi connectivity index (χ3v) is 2.46. The number of pyridine rings is 1. The molecule has 0 aliphatic rings. The average molecular weight is 256 g/mol. The van der Waals surface area contributed by atoms with Gasteiger partial charge in [0.25, 0.3) is 0 Å². The lowest BCUT2D eigenvalue weighted by molar-refractivity contribution is -0.140. The van der Waals surface area contributed by atoms with Crippen molar-refractivity contribution in [3.05, 3.63) is 35.9 Å². The highest BCUT2D eigenvalue weighted by Gasteiger charge is 2.34. The Hall–Kier alpha value is -1.89. The summed E-state index contributed by atoms with van der Waals surface area (Å²) < 4.78 is 38.8. The van der Waals surface area contributed by atoms with Crippen LogP contribution in [0.5, 0.6) is 0 Å². The molecule has 7 heteroatoms. The van der Waals surface area contributed by atoms with Gasteiger partial charge in [-0.25, -0.2) is 4.98 Å². The number of hydrogen-bond donors (Lipinski definition) is 1. The van der Waals surface area contributed by atoms with Crippen molar-refractivity contribution in [1.29, 1.82) is 0 Å². The molecule has 0 aromatic carbocycles. The first kappa shape index (κ1) is 12.6. The van der Waals surface area contributed by atoms with Crippen LogP contribution in [-0.2, 0) is 19.8 Å². The van der Waals surface area contributed by atoms with E-state index >= 15 is 0 Å². The van der Waals surface area contributed by atoms with Gasteiger partial charge >= 0.3 is 6.18 Å². The summed E-state index contributed by atoms with van der Waals surface area (Å²) in [5.74, 6) is 0.221. The molecule has 2 aromatic heterocycles. The second-order valence-electron chi connectivity index (χ2n) is 3.80. The van der Waals surface area contributed by atoms with E-state index in [1.54, 1.807) is 12.1 Å². The summed E-state index contributed by atoms with van der Waals surface area (Å²) >= 11 is 0. The van der Waals surface area contributed by atoms with E-state index in [2.05, 4.69) is 9.97 Å². The van der Waals surface area contributed by atoms with Gasteiger partial charge in [-0.15, -0.1) is 0 Å². The fraction of sp³-hybridized carbons (Fsp3) is 0.273. The Kier molecular flexibility index (Phi) is 3.08. The maximum absolute atomic E-state index is 12.5. The van der Waals surface area contributed by atoms with Crippen LogP contribution in [-0.4, -0.2) is 14.5 Å². The van der Waals surface area contributed by atoms with Gasteiger partial charge in [0, 0.05) is 31.5 Å². The zero-order chi connectivity index (χ0) is 13.3. The van der Waals surface area contributed by atoms with Gasteiger partial charge in [0.05, 0.1) is 5.69 Å². The molecule has 0 saturated carbocycles. The smallest absolute Gasteiger partial charge is 0.333 e. The summed E-state index contributed by atoms with van der Waals surface area (Å²) in [5, 5.41) is 0. The van der Waals surface area contributed by atoms with Gasteiger partial charge in [0.15, 0.2) is 5.69 Å². The molecular formula is C11H11F3N4. The highest BCUT2D eigenvalue weighted by molar-refractivity contribution is 5.54. The molecule has 2 rings (SSSR count). The van der Waals surface area contributed by atoms with E-state index in [9.17, 15) is 13.2 Å². The average Bonchev–Trinajstić information content (AvgIpc) is 2.71. The van der Waals surface area contributed by atoms with E-state index in [0.29, 0.717) is 11.3 Å². The molecule has 0 spiro atoms. The molecule has 2 N–H and O–H groups in total. The lowest BCUT2D eigenvalue weighted by Crippen LogP contribution is -2.05. The number of halogens is 3. The number of aryl methyl sites for hydroxylation is 1. The third-order valence-electron chi connectivity index (χ3n) is 2.46. The highest BCUT2D eigenvalue weighted by atomic mass is 19.4. The topological polar surface area (TPSA) is 56.7 Å². The van der Waals surface area contributed by atoms with Crippen molar-refractivity contribution < 1.29 is 13.2 Å². The van der Waals surface area contributed by atoms with Gasteiger partial charge in [-0.2, -0.15) is 13.2 Å². The maximum atomic E-state index is 12.5. The van der Waals surface area contributed by atoms with Crippen molar-refractivity contribution in [2.75, 3.05) is 0 Å². The fourth-order valence-electron chi connectivity index (χ4n) is 1.55. The van der Waals surface area contributed by atoms with Crippen molar-refractivity contribution >= 4 is 0 Å². The van der Waals surface area contributed by atoms with Crippen LogP contribution in [0.1, 0.15) is 11.4 Å². The second kappa shape index (κ2) is 4.41. The molecule has 0 bridgehead atoms. The standard InChI is InChI=1S/C11H11F3N4/c1-18-6-9(11(12,13)14)17-10(18)7-2-3-8(4-15)16-5-7/h2-3,5-6H,4,15H2,1H3. The van der Waals surface area contributed by atoms with Gasteiger partial charge in [0.1, 0.15) is 5.82 Å². The zero-order valence-electron chi connectivity index (χ0n) is 9.57. The van der Waals surface area contributed by atoms with Crippen LogP contribution in [0, 0.1) is 0 Å². The predicted molar refractivity (Wildman–Crippen MR) is 59.3 cm³/mol. The summed E-state index contributed by atoms with van der Waals surface area (Å²) in [7, 11) is 1.51. The number of nitrogens with zero attached hydrogens (tertiary/aromatic N) is 3. The Morgan fingerprint density at radius 2 is 2.06 bits per heavy atom. The first-order valence-electron chi connectivity index (χ1n) is 5.17. The van der Waals surface area contributed by atoms with Crippen LogP contribution in [0.15, 0.2) is 24.5 Å². The maximum Gasteiger partial charge on any atom is 0.434 e. The van der Waals surface area contributed by atoms with Crippen molar-refractivity contribution in [2.45, 2.75) is 12.7 Å². The molecule has 0 aliphatic carbocycles. The van der Waals surface area contributed by atoms with Gasteiger partial charge < -0.3 is 10.3 Å². The first-order chi connectivity index (χ1) is 8.41. The molecule has 2 heterocycles. The molecule has 96 valence electrons. The van der Waals surface area contributed by atoms with Crippen molar-refractivity contribution in [1.82, 2.24) is 14.5 Å². The van der Waals surface area contributed by atoms with Crippen LogP contribution in [0.25, 0.3) is 11.4 Å². The molecule has 4 nitrogen and oxygen atoms in total. The van der Waals surface area contributed by atoms with Crippen molar-refractivity contribution in [3.8, 4) is 11.4 Å². The van der Waals surface area contributed by atoms with E-state index < -0.39 is 11.9 Å². The minimum absolute atomic E-state index is 0.221. The molecule has 18 heavy (non-hydrogen) atoms. The summed E-state index contributed by atoms with van der Waals surface area (Å²) in [6, 6.07) is 3.31. The van der Waals surface area contributed by atoms with Crippen LogP contribution < -0.4 is 5.73 Å². The van der Waals surface area contributed by atoms with Gasteiger partial charge in [-0.05, 0) is 12.1 Å². The predicted octanol–water partition coefficient (Wildman–Crippen LogP) is 1.96. The summed E-state index contributed by atoms with van der Waals surface area (Å²) in [4.78, 5) is 7.60. The molecule has 0 atom stereocenters. The van der Waals surface area contributed by atoms with E-state index in [0.717, 1.165) is 6.20 Å². The van der Waals surface area contributed by atoms with Crippen molar-refractivity contribution in [2.24, 2.45) is 12.8 Å².